The van der Waals surface area contributed by atoms with Crippen LogP contribution in [-0.2, 0) is 6.54 Å². The van der Waals surface area contributed by atoms with Crippen LogP contribution in [0.3, 0.4) is 0 Å². The van der Waals surface area contributed by atoms with Crippen LogP contribution in [0.25, 0.3) is 11.0 Å². The Morgan fingerprint density at radius 3 is 2.85 bits per heavy atom. The third kappa shape index (κ3) is 3.53. The highest BCUT2D eigenvalue weighted by Crippen LogP contribution is 2.35. The number of nitrogen functional groups attached to an aromatic ring is 1. The van der Waals surface area contributed by atoms with E-state index in [1.165, 1.54) is 11.8 Å². The normalized spacial score (nSPS) is 11.0. The van der Waals surface area contributed by atoms with E-state index >= 15 is 0 Å². The van der Waals surface area contributed by atoms with Crippen molar-refractivity contribution in [3.05, 3.63) is 36.0 Å². The first-order valence-electron chi connectivity index (χ1n) is 8.52. The lowest BCUT2D eigenvalue weighted by atomic mass is 10.1. The van der Waals surface area contributed by atoms with E-state index in [0.717, 1.165) is 35.0 Å². The first kappa shape index (κ1) is 18.3. The predicted molar refractivity (Wildman–Crippen MR) is 104 cm³/mol. The van der Waals surface area contributed by atoms with E-state index in [0.29, 0.717) is 22.6 Å². The number of nitrogens with zero attached hydrogens (tertiary/aromatic N) is 3. The van der Waals surface area contributed by atoms with E-state index in [-0.39, 0.29) is 5.78 Å². The van der Waals surface area contributed by atoms with Gasteiger partial charge in [-0.15, -0.1) is 0 Å². The van der Waals surface area contributed by atoms with Gasteiger partial charge in [-0.3, -0.25) is 4.79 Å². The molecule has 0 aliphatic carbocycles. The first-order chi connectivity index (χ1) is 12.5. The molecule has 0 spiro atoms. The molecule has 0 fully saturated rings. The van der Waals surface area contributed by atoms with Gasteiger partial charge in [0, 0.05) is 23.2 Å². The van der Waals surface area contributed by atoms with Crippen LogP contribution >= 0.6 is 11.8 Å². The second kappa shape index (κ2) is 7.78. The summed E-state index contributed by atoms with van der Waals surface area (Å²) in [5, 5.41) is 0.795. The number of pyridine rings is 1. The molecule has 0 saturated carbocycles. The Bertz CT molecular complexity index is 952. The van der Waals surface area contributed by atoms with Crippen molar-refractivity contribution in [3.8, 4) is 5.75 Å². The molecule has 0 amide bonds. The van der Waals surface area contributed by atoms with Gasteiger partial charge in [0.15, 0.2) is 16.8 Å². The van der Waals surface area contributed by atoms with Crippen LogP contribution in [0.2, 0.25) is 0 Å². The Labute approximate surface area is 156 Å². The number of hydrogen-bond acceptors (Lipinski definition) is 6. The van der Waals surface area contributed by atoms with Crippen LogP contribution in [0.5, 0.6) is 5.75 Å². The smallest absolute Gasteiger partial charge is 0.174 e. The van der Waals surface area contributed by atoms with Crippen LogP contribution in [-0.4, -0.2) is 27.4 Å². The van der Waals surface area contributed by atoms with Crippen LogP contribution in [0, 0.1) is 0 Å². The van der Waals surface area contributed by atoms with E-state index in [1.807, 2.05) is 12.1 Å². The van der Waals surface area contributed by atoms with E-state index in [1.54, 1.807) is 32.4 Å². The molecule has 0 radical (unpaired) electrons. The minimum Gasteiger partial charge on any atom is -0.497 e. The summed E-state index contributed by atoms with van der Waals surface area (Å²) in [6, 6.07) is 7.38. The number of methoxy groups -OCH3 is 1. The maximum atomic E-state index is 12.0. The van der Waals surface area contributed by atoms with Crippen molar-refractivity contribution in [3.63, 3.8) is 0 Å². The number of carbonyl (C=O) groups is 1. The number of ketones is 1. The average molecular weight is 370 g/mol. The SMILES string of the molecule is CCCCn1c(Sc2cc(OC)ccc2C(C)=O)nc2c(N)nccc21. The van der Waals surface area contributed by atoms with Crippen molar-refractivity contribution in [1.82, 2.24) is 14.5 Å². The third-order valence-corrected chi connectivity index (χ3v) is 5.22. The lowest BCUT2D eigenvalue weighted by Crippen LogP contribution is -2.01. The molecule has 2 heterocycles. The number of Topliss-reactive ketones (excluding diaryl/α,β-unsaturated/α-hetero) is 1. The Balaban J connectivity index is 2.11. The first-order valence-corrected chi connectivity index (χ1v) is 9.34. The van der Waals surface area contributed by atoms with Gasteiger partial charge in [0.05, 0.1) is 12.6 Å². The van der Waals surface area contributed by atoms with E-state index in [4.69, 9.17) is 15.5 Å². The molecule has 0 aliphatic heterocycles. The number of rotatable bonds is 7. The zero-order chi connectivity index (χ0) is 18.7. The topological polar surface area (TPSA) is 83.0 Å². The molecule has 2 aromatic heterocycles. The number of anilines is 1. The molecule has 0 bridgehead atoms. The number of unbranched alkanes of at least 4 members (excludes halogenated alkanes) is 1. The van der Waals surface area contributed by atoms with Gasteiger partial charge in [0.1, 0.15) is 11.3 Å². The monoisotopic (exact) mass is 370 g/mol. The van der Waals surface area contributed by atoms with Crippen molar-refractivity contribution in [2.45, 2.75) is 43.3 Å². The van der Waals surface area contributed by atoms with Gasteiger partial charge >= 0.3 is 0 Å². The third-order valence-electron chi connectivity index (χ3n) is 4.17. The minimum absolute atomic E-state index is 0.00699. The second-order valence-electron chi connectivity index (χ2n) is 5.98. The van der Waals surface area contributed by atoms with Crippen molar-refractivity contribution in [2.24, 2.45) is 0 Å². The largest absolute Gasteiger partial charge is 0.497 e. The number of benzene rings is 1. The lowest BCUT2D eigenvalue weighted by Gasteiger charge is -2.11. The molecular weight excluding hydrogens is 348 g/mol. The molecule has 0 saturated heterocycles. The fraction of sp³-hybridized carbons (Fsp3) is 0.316. The summed E-state index contributed by atoms with van der Waals surface area (Å²) in [7, 11) is 1.61. The molecule has 0 unspecified atom stereocenters. The number of fused-ring (bicyclic) bond motifs is 1. The molecule has 6 nitrogen and oxygen atoms in total. The number of hydrogen-bond donors (Lipinski definition) is 1. The summed E-state index contributed by atoms with van der Waals surface area (Å²) >= 11 is 1.45. The van der Waals surface area contributed by atoms with Gasteiger partial charge in [-0.2, -0.15) is 0 Å². The van der Waals surface area contributed by atoms with Crippen LogP contribution in [0.4, 0.5) is 5.82 Å². The van der Waals surface area contributed by atoms with Crippen molar-refractivity contribution < 1.29 is 9.53 Å². The van der Waals surface area contributed by atoms with Crippen LogP contribution < -0.4 is 10.5 Å². The van der Waals surface area contributed by atoms with Crippen LogP contribution in [0.1, 0.15) is 37.0 Å². The highest BCUT2D eigenvalue weighted by atomic mass is 32.2. The van der Waals surface area contributed by atoms with Crippen molar-refractivity contribution >= 4 is 34.4 Å². The van der Waals surface area contributed by atoms with Crippen molar-refractivity contribution in [1.29, 1.82) is 0 Å². The zero-order valence-corrected chi connectivity index (χ0v) is 16.0. The molecule has 3 aromatic rings. The van der Waals surface area contributed by atoms with E-state index in [9.17, 15) is 4.79 Å². The Kier molecular flexibility index (Phi) is 5.46. The highest BCUT2D eigenvalue weighted by molar-refractivity contribution is 7.99. The molecule has 3 rings (SSSR count). The van der Waals surface area contributed by atoms with Crippen molar-refractivity contribution in [2.75, 3.05) is 12.8 Å². The van der Waals surface area contributed by atoms with Gasteiger partial charge in [-0.05, 0) is 37.6 Å². The van der Waals surface area contributed by atoms with E-state index < -0.39 is 0 Å². The van der Waals surface area contributed by atoms with Gasteiger partial charge < -0.3 is 15.0 Å². The fourth-order valence-corrected chi connectivity index (χ4v) is 3.89. The number of aromatic nitrogens is 3. The zero-order valence-electron chi connectivity index (χ0n) is 15.2. The Morgan fingerprint density at radius 1 is 1.35 bits per heavy atom. The maximum Gasteiger partial charge on any atom is 0.174 e. The number of imidazole rings is 1. The maximum absolute atomic E-state index is 12.0. The average Bonchev–Trinajstić information content (AvgIpc) is 2.98. The van der Waals surface area contributed by atoms with Gasteiger partial charge in [-0.1, -0.05) is 25.1 Å². The number of ether oxygens (including phenoxy) is 1. The Morgan fingerprint density at radius 2 is 2.15 bits per heavy atom. The quantitative estimate of drug-likeness (QED) is 0.628. The lowest BCUT2D eigenvalue weighted by molar-refractivity contribution is 0.101. The summed E-state index contributed by atoms with van der Waals surface area (Å²) in [6.45, 7) is 4.55. The number of aryl methyl sites for hydroxylation is 1. The minimum atomic E-state index is 0.00699. The summed E-state index contributed by atoms with van der Waals surface area (Å²) < 4.78 is 7.46. The summed E-state index contributed by atoms with van der Waals surface area (Å²) in [5.74, 6) is 1.12. The Hall–Kier alpha value is -2.54. The summed E-state index contributed by atoms with van der Waals surface area (Å²) in [5.41, 5.74) is 8.31. The van der Waals surface area contributed by atoms with Gasteiger partial charge in [-0.25, -0.2) is 9.97 Å². The fourth-order valence-electron chi connectivity index (χ4n) is 2.76. The molecule has 0 atom stereocenters. The van der Waals surface area contributed by atoms with Crippen LogP contribution in [0.15, 0.2) is 40.5 Å². The van der Waals surface area contributed by atoms with Gasteiger partial charge in [0.25, 0.3) is 0 Å². The molecule has 136 valence electrons. The standard InChI is InChI=1S/C19H22N4O2S/c1-4-5-10-23-15-8-9-21-18(20)17(15)22-19(23)26-16-11-13(25-3)6-7-14(16)12(2)24/h6-9,11H,4-5,10H2,1-3H3,(H2,20,21). The van der Waals surface area contributed by atoms with E-state index in [2.05, 4.69) is 16.5 Å². The van der Waals surface area contributed by atoms with Gasteiger partial charge in [0.2, 0.25) is 0 Å². The predicted octanol–water partition coefficient (Wildman–Crippen LogP) is 4.18. The molecule has 0 aliphatic rings. The molecule has 2 N–H and O–H groups in total. The molecule has 26 heavy (non-hydrogen) atoms. The number of nitrogens with two attached hydrogens (primary N) is 1. The highest BCUT2D eigenvalue weighted by Gasteiger charge is 2.17. The molecular formula is C19H22N4O2S. The second-order valence-corrected chi connectivity index (χ2v) is 6.99. The summed E-state index contributed by atoms with van der Waals surface area (Å²) in [4.78, 5) is 21.7. The molecule has 1 aromatic carbocycles. The molecule has 7 heteroatoms. The number of carbonyl (C=O) groups excluding carboxylic acids is 1. The summed E-state index contributed by atoms with van der Waals surface area (Å²) in [6.07, 6.45) is 3.80.